The molecular formula is C9H13N6Na2O4P. The van der Waals surface area contributed by atoms with Gasteiger partial charge in [0.05, 0.1) is 19.3 Å². The predicted molar refractivity (Wildman–Crippen MR) is 66.1 cm³/mol. The van der Waals surface area contributed by atoms with Gasteiger partial charge >= 0.3 is 59.1 Å². The van der Waals surface area contributed by atoms with Gasteiger partial charge in [-0.15, -0.1) is 0 Å². The van der Waals surface area contributed by atoms with Gasteiger partial charge in [0.1, 0.15) is 11.8 Å². The number of fused-ring (bicyclic) bond motifs is 1. The first-order valence-electron chi connectivity index (χ1n) is 5.62. The van der Waals surface area contributed by atoms with E-state index in [1.54, 1.807) is 4.57 Å². The van der Waals surface area contributed by atoms with Gasteiger partial charge in [0.15, 0.2) is 11.5 Å². The van der Waals surface area contributed by atoms with Crippen molar-refractivity contribution in [2.75, 3.05) is 18.7 Å². The monoisotopic (exact) mass is 346 g/mol. The molecule has 0 saturated heterocycles. The molecule has 0 spiro atoms. The average Bonchev–Trinajstić information content (AvgIpc) is 2.72. The molecular weight excluding hydrogens is 333 g/mol. The van der Waals surface area contributed by atoms with Crippen molar-refractivity contribution >= 4 is 24.6 Å². The Balaban J connectivity index is 0.00000220. The Morgan fingerprint density at radius 3 is 2.64 bits per heavy atom. The van der Waals surface area contributed by atoms with Crippen molar-refractivity contribution < 1.29 is 78.2 Å². The fraction of sp³-hybridized carbons (Fsp3) is 0.444. The third-order valence-electron chi connectivity index (χ3n) is 2.44. The van der Waals surface area contributed by atoms with Crippen LogP contribution in [0.5, 0.6) is 0 Å². The van der Waals surface area contributed by atoms with Gasteiger partial charge in [-0.2, -0.15) is 0 Å². The number of nitrogens with two attached hydrogens (primary N) is 2. The van der Waals surface area contributed by atoms with E-state index in [1.807, 2.05) is 0 Å². The van der Waals surface area contributed by atoms with E-state index in [0.29, 0.717) is 11.2 Å². The minimum atomic E-state index is -4.67. The van der Waals surface area contributed by atoms with Crippen LogP contribution in [0.3, 0.4) is 0 Å². The maximum absolute atomic E-state index is 10.4. The predicted octanol–water partition coefficient (Wildman–Crippen LogP) is -8.37. The van der Waals surface area contributed by atoms with E-state index in [0.717, 1.165) is 0 Å². The molecule has 22 heavy (non-hydrogen) atoms. The van der Waals surface area contributed by atoms with Crippen LogP contribution in [-0.4, -0.2) is 38.5 Å². The average molecular weight is 346 g/mol. The number of hydrogen-bond acceptors (Lipinski definition) is 9. The summed E-state index contributed by atoms with van der Waals surface area (Å²) in [4.78, 5) is 32.7. The summed E-state index contributed by atoms with van der Waals surface area (Å²) in [5.74, 6) is 0.261. The van der Waals surface area contributed by atoms with Crippen LogP contribution in [0.15, 0.2) is 12.7 Å². The van der Waals surface area contributed by atoms with Crippen molar-refractivity contribution in [1.29, 1.82) is 0 Å². The minimum absolute atomic E-state index is 0. The second kappa shape index (κ2) is 9.65. The molecule has 13 heteroatoms. The smallest absolute Gasteiger partial charge is 0.809 e. The van der Waals surface area contributed by atoms with E-state index < -0.39 is 20.0 Å². The molecule has 0 radical (unpaired) electrons. The maximum atomic E-state index is 10.4. The van der Waals surface area contributed by atoms with Crippen LogP contribution in [0, 0.1) is 0 Å². The molecule has 1 unspecified atom stereocenters. The molecule has 110 valence electrons. The molecule has 0 aliphatic carbocycles. The molecule has 0 aromatic carbocycles. The van der Waals surface area contributed by atoms with Crippen molar-refractivity contribution in [2.45, 2.75) is 12.6 Å². The molecule has 2 aromatic heterocycles. The Kier molecular flexibility index (Phi) is 9.84. The number of anilines is 1. The standard InChI is InChI=1S/C9H15N6O4P.2Na/c10-6(2-19-5-20(16,17)18)1-15-4-14-7-8(11)12-3-13-9(7)15;;/h3-4,6H,1-2,5,10H2,(H2,11,12,13)(H2,16,17,18);;/q;2*+1/p-2. The number of hydrogen-bond donors (Lipinski definition) is 2. The summed E-state index contributed by atoms with van der Waals surface area (Å²) in [5.41, 5.74) is 12.4. The first-order chi connectivity index (χ1) is 9.37. The number of ether oxygens (including phenoxy) is 1. The van der Waals surface area contributed by atoms with E-state index in [-0.39, 0.29) is 78.1 Å². The Bertz CT molecular complexity index is 650. The summed E-state index contributed by atoms with van der Waals surface area (Å²) in [6, 6.07) is -0.518. The zero-order valence-corrected chi connectivity index (χ0v) is 17.3. The molecule has 0 aliphatic heterocycles. The molecule has 0 amide bonds. The largest absolute Gasteiger partial charge is 1.00 e. The summed E-state index contributed by atoms with van der Waals surface area (Å²) < 4.78 is 16.8. The second-order valence-electron chi connectivity index (χ2n) is 4.20. The van der Waals surface area contributed by atoms with Gasteiger partial charge in [-0.25, -0.2) is 15.0 Å². The first kappa shape index (κ1) is 22.4. The van der Waals surface area contributed by atoms with Crippen LogP contribution in [0.4, 0.5) is 5.82 Å². The molecule has 2 rings (SSSR count). The summed E-state index contributed by atoms with van der Waals surface area (Å²) in [6.07, 6.45) is 1.94. The summed E-state index contributed by atoms with van der Waals surface area (Å²) in [5, 5.41) is 0. The number of nitrogen functional groups attached to an aromatic ring is 1. The van der Waals surface area contributed by atoms with E-state index in [9.17, 15) is 14.4 Å². The van der Waals surface area contributed by atoms with Crippen LogP contribution in [0.1, 0.15) is 0 Å². The number of imidazole rings is 1. The minimum Gasteiger partial charge on any atom is -0.809 e. The van der Waals surface area contributed by atoms with E-state index in [4.69, 9.17) is 16.2 Å². The summed E-state index contributed by atoms with van der Waals surface area (Å²) in [7, 11) is -4.67. The first-order valence-corrected chi connectivity index (χ1v) is 7.35. The van der Waals surface area contributed by atoms with Gasteiger partial charge in [0.2, 0.25) is 0 Å². The Labute approximate surface area is 170 Å². The van der Waals surface area contributed by atoms with Crippen molar-refractivity contribution in [3.63, 3.8) is 0 Å². The second-order valence-corrected chi connectivity index (χ2v) is 5.68. The fourth-order valence-electron chi connectivity index (χ4n) is 1.65. The third-order valence-corrected chi connectivity index (χ3v) is 2.94. The third kappa shape index (κ3) is 6.50. The Hall–Kier alpha value is 0.420. The molecule has 0 saturated carbocycles. The van der Waals surface area contributed by atoms with Gasteiger partial charge in [-0.05, 0) is 7.60 Å². The zero-order chi connectivity index (χ0) is 14.8. The van der Waals surface area contributed by atoms with E-state index in [2.05, 4.69) is 15.0 Å². The maximum Gasteiger partial charge on any atom is 1.00 e. The van der Waals surface area contributed by atoms with Gasteiger partial charge in [0, 0.05) is 12.6 Å². The molecule has 0 aliphatic rings. The van der Waals surface area contributed by atoms with Gasteiger partial charge in [0.25, 0.3) is 0 Å². The van der Waals surface area contributed by atoms with Crippen molar-refractivity contribution in [2.24, 2.45) is 5.73 Å². The van der Waals surface area contributed by atoms with Gasteiger partial charge in [-0.1, -0.05) is 0 Å². The topological polar surface area (TPSA) is 168 Å². The molecule has 2 heterocycles. The molecule has 4 N–H and O–H groups in total. The van der Waals surface area contributed by atoms with Crippen LogP contribution in [0.25, 0.3) is 11.2 Å². The molecule has 0 bridgehead atoms. The molecule has 2 aromatic rings. The zero-order valence-electron chi connectivity index (χ0n) is 12.4. The fourth-order valence-corrected chi connectivity index (χ4v) is 1.98. The number of rotatable bonds is 6. The molecule has 1 atom stereocenters. The Morgan fingerprint density at radius 1 is 1.32 bits per heavy atom. The van der Waals surface area contributed by atoms with Crippen molar-refractivity contribution in [1.82, 2.24) is 19.5 Å². The molecule has 0 fully saturated rings. The van der Waals surface area contributed by atoms with Gasteiger partial charge in [-0.3, -0.25) is 0 Å². The van der Waals surface area contributed by atoms with E-state index in [1.165, 1.54) is 12.7 Å². The number of aromatic nitrogens is 4. The van der Waals surface area contributed by atoms with E-state index >= 15 is 0 Å². The van der Waals surface area contributed by atoms with Crippen LogP contribution in [-0.2, 0) is 15.8 Å². The summed E-state index contributed by atoms with van der Waals surface area (Å²) in [6.45, 7) is 0.212. The van der Waals surface area contributed by atoms with Crippen LogP contribution < -0.4 is 80.4 Å². The van der Waals surface area contributed by atoms with Gasteiger partial charge < -0.3 is 35.1 Å². The SMILES string of the molecule is Nc1ncnc2c1ncn2CC(N)COCP(=O)([O-])[O-].[Na+].[Na+]. The van der Waals surface area contributed by atoms with Crippen molar-refractivity contribution in [3.8, 4) is 0 Å². The van der Waals surface area contributed by atoms with Crippen LogP contribution >= 0.6 is 7.60 Å². The normalized spacial score (nSPS) is 12.5. The summed E-state index contributed by atoms with van der Waals surface area (Å²) >= 11 is 0. The Morgan fingerprint density at radius 2 is 2.00 bits per heavy atom. The molecule has 10 nitrogen and oxygen atoms in total. The van der Waals surface area contributed by atoms with Crippen molar-refractivity contribution in [3.05, 3.63) is 12.7 Å². The quantitative estimate of drug-likeness (QED) is 0.381. The number of nitrogens with zero attached hydrogens (tertiary/aromatic N) is 4. The van der Waals surface area contributed by atoms with Crippen LogP contribution in [0.2, 0.25) is 0 Å².